The molecule has 4 aromatic carbocycles. The Morgan fingerprint density at radius 2 is 1.67 bits per heavy atom. The van der Waals surface area contributed by atoms with Gasteiger partial charge >= 0.3 is 5.97 Å². The van der Waals surface area contributed by atoms with Gasteiger partial charge < -0.3 is 15.2 Å². The highest BCUT2D eigenvalue weighted by Crippen LogP contribution is 2.32. The SMILES string of the molecule is O=C(O)c1cccc(-c2cccc([C@H]3CCNC[C@@H]3OCc3ccc4ccccc4c3)c2)c1. The van der Waals surface area contributed by atoms with Crippen LogP contribution in [0.1, 0.15) is 33.8 Å². The molecule has 33 heavy (non-hydrogen) atoms. The Hall–Kier alpha value is -3.47. The van der Waals surface area contributed by atoms with Gasteiger partial charge in [0.05, 0.1) is 18.3 Å². The molecule has 4 heteroatoms. The van der Waals surface area contributed by atoms with E-state index in [1.807, 2.05) is 12.1 Å². The second-order valence-electron chi connectivity index (χ2n) is 8.64. The molecule has 0 amide bonds. The summed E-state index contributed by atoms with van der Waals surface area (Å²) in [5.74, 6) is -0.622. The zero-order chi connectivity index (χ0) is 22.6. The third-order valence-electron chi connectivity index (χ3n) is 6.46. The molecule has 1 heterocycles. The van der Waals surface area contributed by atoms with Gasteiger partial charge in [-0.1, -0.05) is 72.8 Å². The summed E-state index contributed by atoms with van der Waals surface area (Å²) in [5.41, 5.74) is 4.66. The third-order valence-corrected chi connectivity index (χ3v) is 6.46. The highest BCUT2D eigenvalue weighted by molar-refractivity contribution is 5.89. The fourth-order valence-electron chi connectivity index (χ4n) is 4.70. The molecule has 0 radical (unpaired) electrons. The van der Waals surface area contributed by atoms with Crippen molar-refractivity contribution in [3.8, 4) is 11.1 Å². The molecule has 1 aliphatic heterocycles. The second-order valence-corrected chi connectivity index (χ2v) is 8.64. The number of hydrogen-bond acceptors (Lipinski definition) is 3. The van der Waals surface area contributed by atoms with Gasteiger partial charge in [-0.2, -0.15) is 0 Å². The molecule has 0 saturated carbocycles. The van der Waals surface area contributed by atoms with Gasteiger partial charge in [-0.3, -0.25) is 0 Å². The van der Waals surface area contributed by atoms with Gasteiger partial charge in [0.1, 0.15) is 0 Å². The molecule has 2 atom stereocenters. The smallest absolute Gasteiger partial charge is 0.335 e. The van der Waals surface area contributed by atoms with Crippen molar-refractivity contribution in [3.63, 3.8) is 0 Å². The van der Waals surface area contributed by atoms with Crippen molar-refractivity contribution in [2.75, 3.05) is 13.1 Å². The van der Waals surface area contributed by atoms with E-state index in [0.29, 0.717) is 12.2 Å². The van der Waals surface area contributed by atoms with Gasteiger partial charge in [-0.15, -0.1) is 0 Å². The van der Waals surface area contributed by atoms with Gasteiger partial charge in [0.25, 0.3) is 0 Å². The van der Waals surface area contributed by atoms with Crippen molar-refractivity contribution in [1.29, 1.82) is 0 Å². The van der Waals surface area contributed by atoms with E-state index < -0.39 is 5.97 Å². The van der Waals surface area contributed by atoms with Crippen molar-refractivity contribution in [2.24, 2.45) is 0 Å². The highest BCUT2D eigenvalue weighted by atomic mass is 16.5. The maximum absolute atomic E-state index is 11.4. The lowest BCUT2D eigenvalue weighted by molar-refractivity contribution is 0.0107. The molecular weight excluding hydrogens is 410 g/mol. The molecule has 0 spiro atoms. The topological polar surface area (TPSA) is 58.6 Å². The highest BCUT2D eigenvalue weighted by Gasteiger charge is 2.27. The van der Waals surface area contributed by atoms with Crippen LogP contribution in [0.15, 0.2) is 91.0 Å². The number of hydrogen-bond donors (Lipinski definition) is 2. The lowest BCUT2D eigenvalue weighted by Crippen LogP contribution is -2.41. The third kappa shape index (κ3) is 4.82. The van der Waals surface area contributed by atoms with Crippen LogP contribution in [-0.2, 0) is 11.3 Å². The second kappa shape index (κ2) is 9.57. The lowest BCUT2D eigenvalue weighted by atomic mass is 9.86. The summed E-state index contributed by atoms with van der Waals surface area (Å²) in [5, 5.41) is 15.3. The Labute approximate surface area is 193 Å². The van der Waals surface area contributed by atoms with Gasteiger partial charge in [0.2, 0.25) is 0 Å². The first kappa shape index (κ1) is 21.4. The van der Waals surface area contributed by atoms with Crippen LogP contribution >= 0.6 is 0 Å². The fourth-order valence-corrected chi connectivity index (χ4v) is 4.70. The van der Waals surface area contributed by atoms with E-state index in [2.05, 4.69) is 66.0 Å². The van der Waals surface area contributed by atoms with Crippen LogP contribution < -0.4 is 5.32 Å². The van der Waals surface area contributed by atoms with E-state index >= 15 is 0 Å². The van der Waals surface area contributed by atoms with Gasteiger partial charge in [0.15, 0.2) is 0 Å². The summed E-state index contributed by atoms with van der Waals surface area (Å²) in [7, 11) is 0. The molecule has 0 aliphatic carbocycles. The van der Waals surface area contributed by atoms with Crippen LogP contribution in [-0.4, -0.2) is 30.3 Å². The quantitative estimate of drug-likeness (QED) is 0.396. The largest absolute Gasteiger partial charge is 0.478 e. The predicted molar refractivity (Wildman–Crippen MR) is 132 cm³/mol. The molecule has 4 nitrogen and oxygen atoms in total. The summed E-state index contributed by atoms with van der Waals surface area (Å²) in [6, 6.07) is 30.4. The van der Waals surface area contributed by atoms with E-state index in [9.17, 15) is 9.90 Å². The van der Waals surface area contributed by atoms with Crippen molar-refractivity contribution in [1.82, 2.24) is 5.32 Å². The summed E-state index contributed by atoms with van der Waals surface area (Å²) < 4.78 is 6.44. The first-order chi connectivity index (χ1) is 16.2. The Morgan fingerprint density at radius 3 is 2.52 bits per heavy atom. The average molecular weight is 438 g/mol. The van der Waals surface area contributed by atoms with E-state index in [4.69, 9.17) is 4.74 Å². The lowest BCUT2D eigenvalue weighted by Gasteiger charge is -2.33. The van der Waals surface area contributed by atoms with Crippen molar-refractivity contribution in [3.05, 3.63) is 108 Å². The number of carbonyl (C=O) groups is 1. The monoisotopic (exact) mass is 437 g/mol. The summed E-state index contributed by atoms with van der Waals surface area (Å²) in [4.78, 5) is 11.4. The number of benzene rings is 4. The zero-order valence-corrected chi connectivity index (χ0v) is 18.4. The van der Waals surface area contributed by atoms with Crippen molar-refractivity contribution in [2.45, 2.75) is 25.0 Å². The minimum Gasteiger partial charge on any atom is -0.478 e. The molecule has 166 valence electrons. The predicted octanol–water partition coefficient (Wildman–Crippen LogP) is 5.87. The van der Waals surface area contributed by atoms with Crippen LogP contribution in [0.25, 0.3) is 21.9 Å². The summed E-state index contributed by atoms with van der Waals surface area (Å²) in [6.07, 6.45) is 1.08. The summed E-state index contributed by atoms with van der Waals surface area (Å²) >= 11 is 0. The summed E-state index contributed by atoms with van der Waals surface area (Å²) in [6.45, 7) is 2.35. The Morgan fingerprint density at radius 1 is 0.879 bits per heavy atom. The number of aromatic carboxylic acids is 1. The molecule has 1 aliphatic rings. The zero-order valence-electron chi connectivity index (χ0n) is 18.4. The molecule has 0 aromatic heterocycles. The molecule has 1 fully saturated rings. The minimum atomic E-state index is -0.909. The number of rotatable bonds is 6. The number of piperidine rings is 1. The standard InChI is InChI=1S/C29H27NO3/c31-29(32)26-10-4-8-24(17-26)23-7-3-9-25(16-23)27-13-14-30-18-28(27)33-19-20-11-12-21-5-1-2-6-22(21)15-20/h1-12,15-17,27-28,30H,13-14,18-19H2,(H,31,32)/t27-,28+/m1/s1. The van der Waals surface area contributed by atoms with Crippen LogP contribution in [0.4, 0.5) is 0 Å². The van der Waals surface area contributed by atoms with Crippen molar-refractivity contribution < 1.29 is 14.6 Å². The molecule has 4 aromatic rings. The molecule has 0 unspecified atom stereocenters. The van der Waals surface area contributed by atoms with Crippen LogP contribution in [0.3, 0.4) is 0 Å². The molecule has 5 rings (SSSR count). The van der Waals surface area contributed by atoms with Gasteiger partial charge in [0, 0.05) is 12.5 Å². The Balaban J connectivity index is 1.35. The average Bonchev–Trinajstić information content (AvgIpc) is 2.87. The Bertz CT molecular complexity index is 1280. The van der Waals surface area contributed by atoms with E-state index in [1.54, 1.807) is 18.2 Å². The number of carboxylic acids is 1. The van der Waals surface area contributed by atoms with Gasteiger partial charge in [-0.25, -0.2) is 4.79 Å². The number of nitrogens with one attached hydrogen (secondary N) is 1. The first-order valence-electron chi connectivity index (χ1n) is 11.4. The van der Waals surface area contributed by atoms with E-state index in [-0.39, 0.29) is 12.0 Å². The maximum atomic E-state index is 11.4. The van der Waals surface area contributed by atoms with Crippen LogP contribution in [0.2, 0.25) is 0 Å². The van der Waals surface area contributed by atoms with Gasteiger partial charge in [-0.05, 0) is 64.2 Å². The normalized spacial score (nSPS) is 18.3. The van der Waals surface area contributed by atoms with Crippen LogP contribution in [0.5, 0.6) is 0 Å². The molecule has 1 saturated heterocycles. The van der Waals surface area contributed by atoms with Crippen molar-refractivity contribution >= 4 is 16.7 Å². The number of fused-ring (bicyclic) bond motifs is 1. The maximum Gasteiger partial charge on any atom is 0.335 e. The first-order valence-corrected chi connectivity index (χ1v) is 11.4. The molecule has 2 N–H and O–H groups in total. The van der Waals surface area contributed by atoms with E-state index in [0.717, 1.165) is 30.6 Å². The van der Waals surface area contributed by atoms with Crippen LogP contribution in [0, 0.1) is 0 Å². The Kier molecular flexibility index (Phi) is 6.20. The molecule has 0 bridgehead atoms. The van der Waals surface area contributed by atoms with E-state index in [1.165, 1.54) is 21.9 Å². The fraction of sp³-hybridized carbons (Fsp3) is 0.207. The molecular formula is C29H27NO3. The number of carboxylic acid groups (broad SMARTS) is 1. The number of ether oxygens (including phenoxy) is 1. The minimum absolute atomic E-state index is 0.0748.